The number of benzene rings is 1. The Morgan fingerprint density at radius 3 is 2.21 bits per heavy atom. The number of aliphatic carboxylic acids is 1. The largest absolute Gasteiger partial charge is 0.478 e. The van der Waals surface area contributed by atoms with Crippen molar-refractivity contribution in [1.82, 2.24) is 10.9 Å². The van der Waals surface area contributed by atoms with Gasteiger partial charge in [-0.1, -0.05) is 17.7 Å². The highest BCUT2D eigenvalue weighted by atomic mass is 16.4. The number of carboxylic acid groups (broad SMARTS) is 1. The number of amides is 2. The van der Waals surface area contributed by atoms with E-state index >= 15 is 0 Å². The van der Waals surface area contributed by atoms with Gasteiger partial charge in [-0.15, -0.1) is 0 Å². The summed E-state index contributed by atoms with van der Waals surface area (Å²) < 4.78 is 0. The quantitative estimate of drug-likeness (QED) is 0.554. The Balaban J connectivity index is 2.57. The van der Waals surface area contributed by atoms with Gasteiger partial charge in [0.15, 0.2) is 0 Å². The van der Waals surface area contributed by atoms with E-state index in [-0.39, 0.29) is 5.57 Å². The molecule has 2 amide bonds. The molecule has 0 heterocycles. The van der Waals surface area contributed by atoms with Crippen molar-refractivity contribution in [2.75, 3.05) is 0 Å². The maximum absolute atomic E-state index is 11.6. The van der Waals surface area contributed by atoms with Gasteiger partial charge in [0.1, 0.15) is 0 Å². The first-order chi connectivity index (χ1) is 8.90. The van der Waals surface area contributed by atoms with Gasteiger partial charge in [-0.25, -0.2) is 4.79 Å². The molecule has 0 bridgehead atoms. The van der Waals surface area contributed by atoms with Crippen molar-refractivity contribution < 1.29 is 19.5 Å². The van der Waals surface area contributed by atoms with Crippen LogP contribution in [0.3, 0.4) is 0 Å². The van der Waals surface area contributed by atoms with E-state index in [1.54, 1.807) is 24.3 Å². The molecule has 0 radical (unpaired) electrons. The lowest BCUT2D eigenvalue weighted by molar-refractivity contribution is -0.131. The third-order valence-electron chi connectivity index (χ3n) is 2.30. The van der Waals surface area contributed by atoms with Crippen LogP contribution in [0.4, 0.5) is 0 Å². The van der Waals surface area contributed by atoms with Crippen molar-refractivity contribution in [3.63, 3.8) is 0 Å². The molecule has 6 heteroatoms. The van der Waals surface area contributed by atoms with Crippen molar-refractivity contribution in [2.45, 2.75) is 13.8 Å². The van der Waals surface area contributed by atoms with Crippen LogP contribution < -0.4 is 10.9 Å². The molecule has 0 spiro atoms. The van der Waals surface area contributed by atoms with Crippen molar-refractivity contribution in [1.29, 1.82) is 0 Å². The molecule has 0 aliphatic rings. The first kappa shape index (κ1) is 14.4. The summed E-state index contributed by atoms with van der Waals surface area (Å²) in [5.74, 6) is -2.38. The number of nitrogens with one attached hydrogen (secondary N) is 2. The van der Waals surface area contributed by atoms with E-state index in [4.69, 9.17) is 5.11 Å². The lowest BCUT2D eigenvalue weighted by atomic mass is 10.1. The summed E-state index contributed by atoms with van der Waals surface area (Å²) in [7, 11) is 0. The number of hydrogen-bond acceptors (Lipinski definition) is 3. The van der Waals surface area contributed by atoms with Crippen LogP contribution in [0, 0.1) is 6.92 Å². The predicted octanol–water partition coefficient (Wildman–Crippen LogP) is 0.787. The smallest absolute Gasteiger partial charge is 0.328 e. The van der Waals surface area contributed by atoms with E-state index in [9.17, 15) is 14.4 Å². The lowest BCUT2D eigenvalue weighted by Gasteiger charge is -2.07. The minimum Gasteiger partial charge on any atom is -0.478 e. The van der Waals surface area contributed by atoms with Gasteiger partial charge >= 0.3 is 5.97 Å². The maximum Gasteiger partial charge on any atom is 0.328 e. The fourth-order valence-corrected chi connectivity index (χ4v) is 1.24. The number of carbonyl (C=O) groups excluding carboxylic acids is 2. The number of rotatable bonds is 3. The van der Waals surface area contributed by atoms with Gasteiger partial charge < -0.3 is 5.11 Å². The Morgan fingerprint density at radius 1 is 1.11 bits per heavy atom. The van der Waals surface area contributed by atoms with E-state index in [0.29, 0.717) is 5.56 Å². The third-order valence-corrected chi connectivity index (χ3v) is 2.30. The van der Waals surface area contributed by atoms with Crippen LogP contribution in [-0.4, -0.2) is 22.9 Å². The van der Waals surface area contributed by atoms with Crippen molar-refractivity contribution in [2.24, 2.45) is 0 Å². The highest BCUT2D eigenvalue weighted by Gasteiger charge is 2.09. The minimum absolute atomic E-state index is 0.0169. The molecule has 19 heavy (non-hydrogen) atoms. The summed E-state index contributed by atoms with van der Waals surface area (Å²) in [5.41, 5.74) is 5.72. The Hall–Kier alpha value is -2.63. The molecule has 3 N–H and O–H groups in total. The van der Waals surface area contributed by atoms with Gasteiger partial charge in [0, 0.05) is 17.2 Å². The van der Waals surface area contributed by atoms with Crippen LogP contribution in [0.25, 0.3) is 0 Å². The van der Waals surface area contributed by atoms with Gasteiger partial charge in [0.25, 0.3) is 11.8 Å². The summed E-state index contributed by atoms with van der Waals surface area (Å²) in [5, 5.41) is 8.47. The molecule has 1 aromatic rings. The first-order valence-corrected chi connectivity index (χ1v) is 5.48. The van der Waals surface area contributed by atoms with Gasteiger partial charge in [-0.3, -0.25) is 20.4 Å². The monoisotopic (exact) mass is 262 g/mol. The van der Waals surface area contributed by atoms with Crippen LogP contribution in [0.1, 0.15) is 22.8 Å². The summed E-state index contributed by atoms with van der Waals surface area (Å²) in [4.78, 5) is 33.4. The van der Waals surface area contributed by atoms with E-state index in [1.807, 2.05) is 6.92 Å². The van der Waals surface area contributed by atoms with Gasteiger partial charge in [-0.2, -0.15) is 0 Å². The molecular weight excluding hydrogens is 248 g/mol. The van der Waals surface area contributed by atoms with E-state index < -0.39 is 17.8 Å². The molecule has 0 saturated carbocycles. The number of aryl methyl sites for hydroxylation is 1. The Morgan fingerprint density at radius 2 is 1.68 bits per heavy atom. The molecule has 100 valence electrons. The Labute approximate surface area is 110 Å². The highest BCUT2D eigenvalue weighted by molar-refractivity contribution is 6.01. The van der Waals surface area contributed by atoms with Crippen LogP contribution in [0.15, 0.2) is 35.9 Å². The fraction of sp³-hybridized carbons (Fsp3) is 0.154. The maximum atomic E-state index is 11.6. The molecule has 0 aliphatic heterocycles. The normalized spacial score (nSPS) is 10.7. The summed E-state index contributed by atoms with van der Waals surface area (Å²) in [6.45, 7) is 3.23. The van der Waals surface area contributed by atoms with Crippen LogP contribution in [0.2, 0.25) is 0 Å². The summed E-state index contributed by atoms with van der Waals surface area (Å²) >= 11 is 0. The zero-order chi connectivity index (χ0) is 14.4. The summed E-state index contributed by atoms with van der Waals surface area (Å²) in [6.07, 6.45) is 0.757. The molecule has 0 fully saturated rings. The van der Waals surface area contributed by atoms with E-state index in [2.05, 4.69) is 10.9 Å². The third kappa shape index (κ3) is 4.63. The number of hydrazine groups is 1. The van der Waals surface area contributed by atoms with Gasteiger partial charge in [0.05, 0.1) is 0 Å². The molecule has 0 atom stereocenters. The average Bonchev–Trinajstić information content (AvgIpc) is 2.35. The zero-order valence-corrected chi connectivity index (χ0v) is 10.6. The second-order valence-electron chi connectivity index (χ2n) is 3.94. The van der Waals surface area contributed by atoms with Crippen LogP contribution in [-0.2, 0) is 9.59 Å². The van der Waals surface area contributed by atoms with Crippen molar-refractivity contribution in [3.05, 3.63) is 47.0 Å². The van der Waals surface area contributed by atoms with Gasteiger partial charge in [-0.05, 0) is 26.0 Å². The lowest BCUT2D eigenvalue weighted by Crippen LogP contribution is -2.42. The summed E-state index contributed by atoms with van der Waals surface area (Å²) in [6, 6.07) is 6.78. The van der Waals surface area contributed by atoms with Gasteiger partial charge in [0.2, 0.25) is 0 Å². The zero-order valence-electron chi connectivity index (χ0n) is 10.6. The molecule has 0 saturated heterocycles. The molecule has 1 rings (SSSR count). The molecule has 0 aliphatic carbocycles. The SMILES string of the molecule is CC(=CC(=O)O)C(=O)NNC(=O)c1ccc(C)cc1. The standard InChI is InChI=1S/C13H14N2O4/c1-8-3-5-10(6-4-8)13(19)15-14-12(18)9(2)7-11(16)17/h3-7H,1-2H3,(H,14,18)(H,15,19)(H,16,17). The van der Waals surface area contributed by atoms with Crippen LogP contribution >= 0.6 is 0 Å². The highest BCUT2D eigenvalue weighted by Crippen LogP contribution is 2.02. The van der Waals surface area contributed by atoms with Crippen molar-refractivity contribution in [3.8, 4) is 0 Å². The number of hydrogen-bond donors (Lipinski definition) is 3. The van der Waals surface area contributed by atoms with E-state index in [0.717, 1.165) is 11.6 Å². The Bertz CT molecular complexity index is 532. The number of carboxylic acids is 1. The van der Waals surface area contributed by atoms with E-state index in [1.165, 1.54) is 6.92 Å². The molecule has 1 aromatic carbocycles. The number of carbonyl (C=O) groups is 3. The molecular formula is C13H14N2O4. The van der Waals surface area contributed by atoms with Crippen molar-refractivity contribution >= 4 is 17.8 Å². The topological polar surface area (TPSA) is 95.5 Å². The van der Waals surface area contributed by atoms with Crippen LogP contribution in [0.5, 0.6) is 0 Å². The molecule has 0 aromatic heterocycles. The fourth-order valence-electron chi connectivity index (χ4n) is 1.24. The average molecular weight is 262 g/mol. The molecule has 0 unspecified atom stereocenters. The second-order valence-corrected chi connectivity index (χ2v) is 3.94. The minimum atomic E-state index is -1.22. The Kier molecular flexibility index (Phi) is 4.82. The first-order valence-electron chi connectivity index (χ1n) is 5.48. The molecule has 6 nitrogen and oxygen atoms in total. The predicted molar refractivity (Wildman–Crippen MR) is 68.2 cm³/mol. The second kappa shape index (κ2) is 6.34.